The first-order chi connectivity index (χ1) is 15.0. The van der Waals surface area contributed by atoms with Gasteiger partial charge in [-0.3, -0.25) is 9.69 Å². The summed E-state index contributed by atoms with van der Waals surface area (Å²) in [7, 11) is 1.68. The normalized spacial score (nSPS) is 22.9. The van der Waals surface area contributed by atoms with Gasteiger partial charge in [0.05, 0.1) is 19.8 Å². The number of aliphatic imine (C=N–C) groups is 1. The van der Waals surface area contributed by atoms with E-state index in [1.54, 1.807) is 7.05 Å². The van der Waals surface area contributed by atoms with E-state index in [9.17, 15) is 9.59 Å². The number of ether oxygens (including phenoxy) is 1. The molecule has 1 aromatic carbocycles. The summed E-state index contributed by atoms with van der Waals surface area (Å²) in [6.07, 6.45) is 5.06. The predicted molar refractivity (Wildman–Crippen MR) is 116 cm³/mol. The molecule has 3 amide bonds. The van der Waals surface area contributed by atoms with Crippen LogP contribution >= 0.6 is 0 Å². The predicted octanol–water partition coefficient (Wildman–Crippen LogP) is 1.15. The van der Waals surface area contributed by atoms with E-state index in [0.29, 0.717) is 19.1 Å². The molecule has 0 aromatic heterocycles. The van der Waals surface area contributed by atoms with Crippen LogP contribution in [0.15, 0.2) is 53.3 Å². The zero-order valence-corrected chi connectivity index (χ0v) is 17.7. The van der Waals surface area contributed by atoms with E-state index in [2.05, 4.69) is 0 Å². The van der Waals surface area contributed by atoms with Crippen molar-refractivity contribution >= 4 is 24.0 Å². The minimum atomic E-state index is -0.582. The molecule has 3 heterocycles. The first-order valence-electron chi connectivity index (χ1n) is 10.3. The highest BCUT2D eigenvalue weighted by atomic mass is 16.5. The first-order valence-corrected chi connectivity index (χ1v) is 10.3. The number of aliphatic hydroxyl groups is 1. The number of hydrogen-bond donors (Lipinski definition) is 1. The van der Waals surface area contributed by atoms with Crippen LogP contribution in [0.3, 0.4) is 0 Å². The fourth-order valence-electron chi connectivity index (χ4n) is 4.03. The lowest BCUT2D eigenvalue weighted by molar-refractivity contribution is -0.136. The molecule has 0 aliphatic carbocycles. The molecule has 2 unspecified atom stereocenters. The van der Waals surface area contributed by atoms with Crippen LogP contribution in [0.4, 0.5) is 4.79 Å². The van der Waals surface area contributed by atoms with Crippen molar-refractivity contribution in [2.45, 2.75) is 19.1 Å². The number of allylic oxidation sites excluding steroid dienone is 1. The Balaban J connectivity index is 1.48. The fraction of sp³-hybridized carbons (Fsp3) is 0.409. The van der Waals surface area contributed by atoms with Crippen molar-refractivity contribution in [2.75, 3.05) is 40.0 Å². The summed E-state index contributed by atoms with van der Waals surface area (Å²) in [6, 6.07) is 8.81. The van der Waals surface area contributed by atoms with Crippen LogP contribution in [0.1, 0.15) is 12.5 Å². The van der Waals surface area contributed by atoms with Gasteiger partial charge in [-0.05, 0) is 12.5 Å². The maximum atomic E-state index is 13.3. The Bertz CT molecular complexity index is 929. The van der Waals surface area contributed by atoms with Crippen molar-refractivity contribution in [3.63, 3.8) is 0 Å². The molecule has 1 aromatic rings. The molecule has 1 saturated heterocycles. The molecule has 0 spiro atoms. The zero-order chi connectivity index (χ0) is 22.0. The fourth-order valence-corrected chi connectivity index (χ4v) is 4.03. The van der Waals surface area contributed by atoms with E-state index < -0.39 is 12.2 Å². The second kappa shape index (κ2) is 8.91. The lowest BCUT2D eigenvalue weighted by Gasteiger charge is -2.39. The molecule has 9 heteroatoms. The van der Waals surface area contributed by atoms with Crippen LogP contribution in [0.2, 0.25) is 0 Å². The summed E-state index contributed by atoms with van der Waals surface area (Å²) in [5.74, 6) is 0.391. The molecule has 0 bridgehead atoms. The van der Waals surface area contributed by atoms with Crippen LogP contribution in [0, 0.1) is 0 Å². The Labute approximate surface area is 181 Å². The summed E-state index contributed by atoms with van der Waals surface area (Å²) in [5.41, 5.74) is 1.96. The van der Waals surface area contributed by atoms with Gasteiger partial charge in [0, 0.05) is 32.0 Å². The van der Waals surface area contributed by atoms with Crippen molar-refractivity contribution in [1.82, 2.24) is 19.6 Å². The average molecular weight is 425 g/mol. The highest BCUT2D eigenvalue weighted by molar-refractivity contribution is 6.05. The number of carbonyl (C=O) groups excluding carboxylic acids is 2. The molecule has 3 aliphatic heterocycles. The molecule has 4 rings (SSSR count). The van der Waals surface area contributed by atoms with Crippen LogP contribution in [-0.4, -0.2) is 94.8 Å². The molecule has 1 fully saturated rings. The number of rotatable bonds is 8. The Morgan fingerprint density at radius 3 is 2.68 bits per heavy atom. The number of guanidine groups is 1. The monoisotopic (exact) mass is 425 g/mol. The number of carbonyl (C=O) groups is 2. The number of imide groups is 1. The third-order valence-corrected chi connectivity index (χ3v) is 5.60. The molecule has 0 radical (unpaired) electrons. The van der Waals surface area contributed by atoms with Crippen LogP contribution in [-0.2, 0) is 9.53 Å². The SMILES string of the molecule is CC1=CN2C(=NC3C2C(=O)N(C/C=C/c2ccccc2)C(=O)N3C)N1CCOCCO. The average Bonchev–Trinajstić information content (AvgIpc) is 3.28. The quantitative estimate of drug-likeness (QED) is 0.629. The summed E-state index contributed by atoms with van der Waals surface area (Å²) >= 11 is 0. The number of amides is 3. The van der Waals surface area contributed by atoms with E-state index in [1.807, 2.05) is 65.4 Å². The van der Waals surface area contributed by atoms with Gasteiger partial charge in [-0.1, -0.05) is 42.5 Å². The van der Waals surface area contributed by atoms with Gasteiger partial charge in [-0.25, -0.2) is 9.79 Å². The topological polar surface area (TPSA) is 88.9 Å². The lowest BCUT2D eigenvalue weighted by atomic mass is 10.1. The Morgan fingerprint density at radius 2 is 1.94 bits per heavy atom. The molecule has 3 aliphatic rings. The smallest absolute Gasteiger partial charge is 0.328 e. The molecule has 31 heavy (non-hydrogen) atoms. The van der Waals surface area contributed by atoms with Crippen molar-refractivity contribution in [2.24, 2.45) is 4.99 Å². The number of nitrogens with zero attached hydrogens (tertiary/aromatic N) is 5. The van der Waals surface area contributed by atoms with E-state index in [4.69, 9.17) is 14.8 Å². The van der Waals surface area contributed by atoms with Crippen molar-refractivity contribution in [3.8, 4) is 0 Å². The highest BCUT2D eigenvalue weighted by Crippen LogP contribution is 2.33. The standard InChI is InChI=1S/C22H27N5O4/c1-16-15-27-18-19(23-21(27)25(16)11-13-31-14-12-28)24(2)22(30)26(20(18)29)10-6-9-17-7-4-3-5-8-17/h3-9,15,18-19,28H,10-14H2,1-2H3/b9-6+. The molecule has 2 atom stereocenters. The van der Waals surface area contributed by atoms with Gasteiger partial charge >= 0.3 is 6.03 Å². The summed E-state index contributed by atoms with van der Waals surface area (Å²) in [5, 5.41) is 8.87. The molecular weight excluding hydrogens is 398 g/mol. The summed E-state index contributed by atoms with van der Waals surface area (Å²) < 4.78 is 5.38. The number of likely N-dealkylation sites (N-methyl/N-ethyl adjacent to an activating group) is 1. The minimum Gasteiger partial charge on any atom is -0.394 e. The van der Waals surface area contributed by atoms with Crippen LogP contribution in [0.25, 0.3) is 6.08 Å². The Morgan fingerprint density at radius 1 is 1.16 bits per heavy atom. The Hall–Kier alpha value is -3.17. The summed E-state index contributed by atoms with van der Waals surface area (Å²) in [6.45, 7) is 3.37. The maximum Gasteiger partial charge on any atom is 0.328 e. The van der Waals surface area contributed by atoms with Gasteiger partial charge in [0.25, 0.3) is 5.91 Å². The van der Waals surface area contributed by atoms with E-state index in [-0.39, 0.29) is 31.7 Å². The van der Waals surface area contributed by atoms with Gasteiger partial charge in [-0.2, -0.15) is 0 Å². The zero-order valence-electron chi connectivity index (χ0n) is 17.7. The molecule has 0 saturated carbocycles. The van der Waals surface area contributed by atoms with E-state index in [1.165, 1.54) is 9.80 Å². The number of urea groups is 1. The third kappa shape index (κ3) is 3.94. The molecule has 164 valence electrons. The molecule has 9 nitrogen and oxygen atoms in total. The van der Waals surface area contributed by atoms with Crippen molar-refractivity contribution < 1.29 is 19.4 Å². The van der Waals surface area contributed by atoms with Crippen molar-refractivity contribution in [3.05, 3.63) is 53.9 Å². The number of hydrogen-bond acceptors (Lipinski definition) is 7. The molecule has 1 N–H and O–H groups in total. The number of aliphatic hydroxyl groups excluding tert-OH is 1. The van der Waals surface area contributed by atoms with Crippen LogP contribution in [0.5, 0.6) is 0 Å². The Kier molecular flexibility index (Phi) is 6.06. The molecular formula is C22H27N5O4. The van der Waals surface area contributed by atoms with Crippen LogP contribution < -0.4 is 0 Å². The maximum absolute atomic E-state index is 13.3. The van der Waals surface area contributed by atoms with Gasteiger partial charge in [0.2, 0.25) is 5.96 Å². The van der Waals surface area contributed by atoms with Gasteiger partial charge in [-0.15, -0.1) is 0 Å². The lowest BCUT2D eigenvalue weighted by Crippen LogP contribution is -2.64. The first kappa shape index (κ1) is 21.1. The van der Waals surface area contributed by atoms with E-state index in [0.717, 1.165) is 11.3 Å². The number of benzene rings is 1. The number of fused-ring (bicyclic) bond motifs is 3. The van der Waals surface area contributed by atoms with Crippen molar-refractivity contribution in [1.29, 1.82) is 0 Å². The summed E-state index contributed by atoms with van der Waals surface area (Å²) in [4.78, 5) is 37.5. The largest absolute Gasteiger partial charge is 0.394 e. The van der Waals surface area contributed by atoms with Gasteiger partial charge in [0.15, 0.2) is 12.2 Å². The van der Waals surface area contributed by atoms with E-state index >= 15 is 0 Å². The van der Waals surface area contributed by atoms with Gasteiger partial charge < -0.3 is 24.5 Å². The minimum absolute atomic E-state index is 0.0258. The highest BCUT2D eigenvalue weighted by Gasteiger charge is 2.53. The van der Waals surface area contributed by atoms with Gasteiger partial charge in [0.1, 0.15) is 0 Å². The second-order valence-electron chi connectivity index (χ2n) is 7.61. The second-order valence-corrected chi connectivity index (χ2v) is 7.61. The third-order valence-electron chi connectivity index (χ3n) is 5.60.